The van der Waals surface area contributed by atoms with E-state index >= 15 is 0 Å². The first-order valence-corrected chi connectivity index (χ1v) is 26.0. The fourth-order valence-electron chi connectivity index (χ4n) is 10.7. The van der Waals surface area contributed by atoms with E-state index in [1.54, 1.807) is 41.1 Å². The van der Waals surface area contributed by atoms with Crippen molar-refractivity contribution in [1.82, 2.24) is 4.90 Å². The van der Waals surface area contributed by atoms with Gasteiger partial charge < -0.3 is 48.3 Å². The number of rotatable bonds is 11. The summed E-state index contributed by atoms with van der Waals surface area (Å²) in [5.74, 6) is -7.83. The highest BCUT2D eigenvalue weighted by molar-refractivity contribution is 6.39. The summed E-state index contributed by atoms with van der Waals surface area (Å²) in [6, 6.07) is -1.14. The number of ketones is 3. The minimum Gasteiger partial charge on any atom is -0.460 e. The minimum atomic E-state index is -2.43. The Morgan fingerprint density at radius 2 is 1.59 bits per heavy atom. The highest BCUT2D eigenvalue weighted by Crippen LogP contribution is 2.38. The number of hydrogen-bond acceptors (Lipinski definition) is 14. The van der Waals surface area contributed by atoms with Crippen molar-refractivity contribution in [2.45, 2.75) is 187 Å². The number of Topliss-reactive ketones (excluding diaryl/α,β-unsaturated/α-hetero) is 3. The molecule has 70 heavy (non-hydrogen) atoms. The molecule has 396 valence electrons. The average Bonchev–Trinajstić information content (AvgIpc) is 3.34. The van der Waals surface area contributed by atoms with Crippen LogP contribution in [-0.2, 0) is 57.1 Å². The third-order valence-electron chi connectivity index (χ3n) is 15.2. The summed E-state index contributed by atoms with van der Waals surface area (Å²) in [6.07, 6.45) is 12.4. The zero-order chi connectivity index (χ0) is 51.7. The lowest BCUT2D eigenvalue weighted by Crippen LogP contribution is -2.61. The molecule has 4 aliphatic rings. The number of aliphatic hydroxyl groups is 2. The van der Waals surface area contributed by atoms with Crippen LogP contribution in [0.1, 0.15) is 132 Å². The second kappa shape index (κ2) is 28.7. The summed E-state index contributed by atoms with van der Waals surface area (Å²) in [7, 11) is 4.64. The Balaban J connectivity index is 1.68. The Labute approximate surface area is 418 Å². The molecule has 15 nitrogen and oxygen atoms in total. The number of hydrogen-bond donors (Lipinski definition) is 2. The molecule has 0 radical (unpaired) electrons. The van der Waals surface area contributed by atoms with Crippen molar-refractivity contribution in [1.29, 1.82) is 0 Å². The predicted octanol–water partition coefficient (Wildman–Crippen LogP) is 7.24. The van der Waals surface area contributed by atoms with E-state index in [4.69, 9.17) is 33.2 Å². The number of fused-ring (bicyclic) bond motifs is 3. The summed E-state index contributed by atoms with van der Waals surface area (Å²) < 4.78 is 41.5. The van der Waals surface area contributed by atoms with Crippen molar-refractivity contribution in [3.8, 4) is 0 Å². The maximum Gasteiger partial charge on any atom is 0.329 e. The van der Waals surface area contributed by atoms with E-state index in [9.17, 15) is 34.2 Å². The molecule has 3 heterocycles. The van der Waals surface area contributed by atoms with Crippen LogP contribution in [0.2, 0.25) is 0 Å². The minimum absolute atomic E-state index is 0.0195. The van der Waals surface area contributed by atoms with Gasteiger partial charge in [0.15, 0.2) is 5.78 Å². The second-order valence-corrected chi connectivity index (χ2v) is 20.6. The van der Waals surface area contributed by atoms with Gasteiger partial charge in [-0.25, -0.2) is 4.79 Å². The van der Waals surface area contributed by atoms with E-state index in [2.05, 4.69) is 0 Å². The second-order valence-electron chi connectivity index (χ2n) is 20.6. The number of methoxy groups -OCH3 is 3. The third-order valence-corrected chi connectivity index (χ3v) is 15.2. The van der Waals surface area contributed by atoms with Gasteiger partial charge in [-0.1, -0.05) is 71.1 Å². The predicted molar refractivity (Wildman–Crippen MR) is 265 cm³/mol. The maximum atomic E-state index is 14.5. The van der Waals surface area contributed by atoms with Crippen LogP contribution in [0.3, 0.4) is 0 Å². The molecule has 1 amide bonds. The van der Waals surface area contributed by atoms with E-state index in [-0.39, 0.29) is 60.9 Å². The number of ether oxygens (including phenoxy) is 7. The standard InChI is InChI=1S/C55H87NO14/c1-12-67-26-27-68-45-24-22-41(31-48(45)65-10)30-37(5)47-33-44(57)36(4)29-39(7)50(59)51(66-11)49(58)38(6)28-34(2)18-14-13-15-19-35(3)46(64-9)32-42-23-21-40(8)55(63,70-42)52(60)53(61)56-25-17-16-20-43(56)54(62)69-47/h13-15,18-19,29,34,36-38,40-43,45-48,50-51,59,63H,12,16-17,20-28,30-33H2,1-11H3/b15-13+,18-14-,35-19+,39-29+/t34-,36-,37-,38-,40-,41+,42+,43+,45-,46+,47+,48-,50-,51+,55-/m1/s1. The smallest absolute Gasteiger partial charge is 0.329 e. The van der Waals surface area contributed by atoms with Crippen molar-refractivity contribution in [3.63, 3.8) is 0 Å². The first kappa shape index (κ1) is 59.2. The van der Waals surface area contributed by atoms with Crippen LogP contribution in [0.5, 0.6) is 0 Å². The topological polar surface area (TPSA) is 194 Å². The molecule has 15 atom stereocenters. The van der Waals surface area contributed by atoms with Crippen molar-refractivity contribution >= 4 is 29.2 Å². The fraction of sp³-hybridized carbons (Fsp3) is 0.764. The van der Waals surface area contributed by atoms with Gasteiger partial charge in [-0.2, -0.15) is 0 Å². The molecule has 0 unspecified atom stereocenters. The van der Waals surface area contributed by atoms with Crippen LogP contribution >= 0.6 is 0 Å². The normalized spacial score (nSPS) is 38.4. The largest absolute Gasteiger partial charge is 0.460 e. The van der Waals surface area contributed by atoms with E-state index in [1.807, 2.05) is 65.0 Å². The van der Waals surface area contributed by atoms with Gasteiger partial charge in [0.25, 0.3) is 11.7 Å². The van der Waals surface area contributed by atoms with Crippen LogP contribution in [-0.4, -0.2) is 147 Å². The van der Waals surface area contributed by atoms with E-state index in [1.165, 1.54) is 12.0 Å². The van der Waals surface area contributed by atoms with Gasteiger partial charge in [-0.05, 0) is 114 Å². The lowest BCUT2D eigenvalue weighted by atomic mass is 9.78. The SMILES string of the molecule is CCOCCO[C@@H]1CC[C@@H](C[C@@H](C)[C@@H]2CC(=O)[C@H](C)/C=C(\C)[C@@H](O)[C@@H](OC)C(=O)[C@H](C)C[C@H](C)\C=C/C=C/C=C(\C)[C@@H](OC)C[C@@H]3CC[C@@H](C)[C@@](O)(O3)C(=O)C(=O)N3CCCC[C@H]3C(=O)O2)C[C@H]1OC. The highest BCUT2D eigenvalue weighted by Gasteiger charge is 2.53. The van der Waals surface area contributed by atoms with Gasteiger partial charge in [0.1, 0.15) is 30.1 Å². The molecule has 0 aromatic carbocycles. The van der Waals surface area contributed by atoms with Gasteiger partial charge in [-0.3, -0.25) is 19.2 Å². The zero-order valence-electron chi connectivity index (χ0n) is 44.1. The highest BCUT2D eigenvalue weighted by atomic mass is 16.6. The lowest BCUT2D eigenvalue weighted by Gasteiger charge is -2.42. The van der Waals surface area contributed by atoms with Crippen LogP contribution < -0.4 is 0 Å². The van der Waals surface area contributed by atoms with Crippen molar-refractivity contribution in [2.75, 3.05) is 47.7 Å². The maximum absolute atomic E-state index is 14.5. The van der Waals surface area contributed by atoms with Crippen molar-refractivity contribution < 1.29 is 67.3 Å². The molecule has 0 spiro atoms. The van der Waals surface area contributed by atoms with E-state index < -0.39 is 77.8 Å². The first-order valence-electron chi connectivity index (χ1n) is 26.0. The van der Waals surface area contributed by atoms with Crippen LogP contribution in [0, 0.1) is 35.5 Å². The molecule has 0 aromatic rings. The number of esters is 1. The number of piperidine rings is 1. The van der Waals surface area contributed by atoms with E-state index in [0.29, 0.717) is 76.8 Å². The van der Waals surface area contributed by atoms with Crippen LogP contribution in [0.15, 0.2) is 47.6 Å². The first-order chi connectivity index (χ1) is 33.3. The monoisotopic (exact) mass is 986 g/mol. The Kier molecular flexibility index (Phi) is 24.3. The number of carbonyl (C=O) groups excluding carboxylic acids is 5. The number of nitrogens with zero attached hydrogens (tertiary/aromatic N) is 1. The number of amides is 1. The van der Waals surface area contributed by atoms with Gasteiger partial charge in [0.2, 0.25) is 5.79 Å². The molecule has 0 aromatic heterocycles. The Bertz CT molecular complexity index is 1840. The Hall–Kier alpha value is -3.41. The van der Waals surface area contributed by atoms with Crippen LogP contribution in [0.4, 0.5) is 0 Å². The number of allylic oxidation sites excluding steroid dienone is 6. The summed E-state index contributed by atoms with van der Waals surface area (Å²) in [5, 5.41) is 23.5. The van der Waals surface area contributed by atoms with E-state index in [0.717, 1.165) is 18.4 Å². The quantitative estimate of drug-likeness (QED) is 0.0911. The van der Waals surface area contributed by atoms with Crippen LogP contribution in [0.25, 0.3) is 0 Å². The van der Waals surface area contributed by atoms with Gasteiger partial charge in [-0.15, -0.1) is 0 Å². The molecule has 15 heteroatoms. The molecule has 2 saturated heterocycles. The van der Waals surface area contributed by atoms with Gasteiger partial charge >= 0.3 is 5.97 Å². The third kappa shape index (κ3) is 16.3. The molecule has 2 bridgehead atoms. The Morgan fingerprint density at radius 1 is 0.843 bits per heavy atom. The van der Waals surface area contributed by atoms with Gasteiger partial charge in [0.05, 0.1) is 37.6 Å². The summed E-state index contributed by atoms with van der Waals surface area (Å²) >= 11 is 0. The number of aliphatic hydroxyl groups excluding tert-OH is 1. The fourth-order valence-corrected chi connectivity index (χ4v) is 10.7. The van der Waals surface area contributed by atoms with Crippen molar-refractivity contribution in [3.05, 3.63) is 47.6 Å². The number of carbonyl (C=O) groups is 5. The molecule has 1 aliphatic carbocycles. The molecule has 3 aliphatic heterocycles. The summed E-state index contributed by atoms with van der Waals surface area (Å²) in [4.78, 5) is 72.4. The Morgan fingerprint density at radius 3 is 2.27 bits per heavy atom. The molecular formula is C55H87NO14. The molecular weight excluding hydrogens is 899 g/mol. The summed E-state index contributed by atoms with van der Waals surface area (Å²) in [5.41, 5.74) is 1.28. The molecule has 4 rings (SSSR count). The number of cyclic esters (lactones) is 1. The van der Waals surface area contributed by atoms with Gasteiger partial charge in [0, 0.05) is 65.1 Å². The van der Waals surface area contributed by atoms with Crippen molar-refractivity contribution in [2.24, 2.45) is 35.5 Å². The molecule has 2 N–H and O–H groups in total. The lowest BCUT2D eigenvalue weighted by molar-refractivity contribution is -0.265. The molecule has 3 fully saturated rings. The zero-order valence-corrected chi connectivity index (χ0v) is 44.1. The average molecular weight is 986 g/mol. The molecule has 1 saturated carbocycles. The summed E-state index contributed by atoms with van der Waals surface area (Å²) in [6.45, 7) is 16.4.